The highest BCUT2D eigenvalue weighted by Crippen LogP contribution is 2.23. The van der Waals surface area contributed by atoms with Crippen molar-refractivity contribution in [3.8, 4) is 0 Å². The molecule has 0 unspecified atom stereocenters. The molecule has 0 bridgehead atoms. The predicted octanol–water partition coefficient (Wildman–Crippen LogP) is 3.79. The van der Waals surface area contributed by atoms with Gasteiger partial charge >= 0.3 is 0 Å². The van der Waals surface area contributed by atoms with E-state index < -0.39 is 0 Å². The number of nitrogens with one attached hydrogen (secondary N) is 2. The fourth-order valence-electron chi connectivity index (χ4n) is 2.85. The summed E-state index contributed by atoms with van der Waals surface area (Å²) in [6.07, 6.45) is 0. The molecule has 0 heterocycles. The molecule has 0 fully saturated rings. The maximum absolute atomic E-state index is 12.5. The molecule has 2 amide bonds. The van der Waals surface area contributed by atoms with Crippen molar-refractivity contribution in [2.45, 2.75) is 20.8 Å². The minimum atomic E-state index is -0.217. The molecule has 156 valence electrons. The summed E-state index contributed by atoms with van der Waals surface area (Å²) in [5.41, 5.74) is 4.38. The Labute approximate surface area is 177 Å². The van der Waals surface area contributed by atoms with Gasteiger partial charge in [-0.25, -0.2) is 0 Å². The molecule has 2 aromatic carbocycles. The van der Waals surface area contributed by atoms with Crippen molar-refractivity contribution < 1.29 is 14.3 Å². The number of nitrogens with zero attached hydrogens (tertiary/aromatic N) is 1. The van der Waals surface area contributed by atoms with E-state index in [1.54, 1.807) is 30.2 Å². The Hall–Kier alpha value is -2.41. The first-order valence-electron chi connectivity index (χ1n) is 9.44. The average Bonchev–Trinajstić information content (AvgIpc) is 2.67. The van der Waals surface area contributed by atoms with Crippen LogP contribution in [0.3, 0.4) is 0 Å². The monoisotopic (exact) mass is 417 g/mol. The Morgan fingerprint density at radius 3 is 2.07 bits per heavy atom. The molecule has 0 atom stereocenters. The number of carbonyl (C=O) groups excluding carboxylic acids is 2. The molecule has 0 aromatic heterocycles. The first-order valence-corrected chi connectivity index (χ1v) is 9.82. The van der Waals surface area contributed by atoms with Crippen LogP contribution >= 0.6 is 11.6 Å². The summed E-state index contributed by atoms with van der Waals surface area (Å²) >= 11 is 6.11. The minimum Gasteiger partial charge on any atom is -0.383 e. The number of hydrogen-bond acceptors (Lipinski definition) is 4. The lowest BCUT2D eigenvalue weighted by molar-refractivity contribution is -0.120. The summed E-state index contributed by atoms with van der Waals surface area (Å²) in [5, 5.41) is 6.38. The molecule has 0 aliphatic heterocycles. The van der Waals surface area contributed by atoms with Gasteiger partial charge in [0.1, 0.15) is 0 Å². The Morgan fingerprint density at radius 2 is 1.48 bits per heavy atom. The van der Waals surface area contributed by atoms with E-state index in [0.29, 0.717) is 23.9 Å². The molecule has 6 nitrogen and oxygen atoms in total. The van der Waals surface area contributed by atoms with E-state index in [9.17, 15) is 9.59 Å². The summed E-state index contributed by atoms with van der Waals surface area (Å²) in [6.45, 7) is 6.83. The minimum absolute atomic E-state index is 0.0650. The number of ether oxygens (including phenoxy) is 1. The number of hydrogen-bond donors (Lipinski definition) is 2. The van der Waals surface area contributed by atoms with Crippen molar-refractivity contribution in [3.63, 3.8) is 0 Å². The number of halogens is 1. The normalized spacial score (nSPS) is 10.8. The average molecular weight is 418 g/mol. The molecule has 7 heteroatoms. The van der Waals surface area contributed by atoms with Crippen LogP contribution in [0.2, 0.25) is 5.02 Å². The number of aryl methyl sites for hydroxylation is 1. The summed E-state index contributed by atoms with van der Waals surface area (Å²) < 4.78 is 5.12. The fourth-order valence-corrected chi connectivity index (χ4v) is 3.02. The van der Waals surface area contributed by atoms with Gasteiger partial charge in [0.25, 0.3) is 0 Å². The van der Waals surface area contributed by atoms with E-state index >= 15 is 0 Å². The summed E-state index contributed by atoms with van der Waals surface area (Å²) in [5.74, 6) is -0.396. The standard InChI is InChI=1S/C22H28ClN3O3/c1-15-7-5-9-19(16(15)2)24-21(27)13-26(11-12-29-4)14-22(28)25-20-10-6-8-18(23)17(20)3/h5-10H,11-14H2,1-4H3,(H,24,27)(H,25,28). The highest BCUT2D eigenvalue weighted by atomic mass is 35.5. The first kappa shape index (κ1) is 22.9. The van der Waals surface area contributed by atoms with E-state index in [4.69, 9.17) is 16.3 Å². The van der Waals surface area contributed by atoms with Gasteiger partial charge in [-0.1, -0.05) is 29.8 Å². The van der Waals surface area contributed by atoms with Crippen molar-refractivity contribution in [1.29, 1.82) is 0 Å². The van der Waals surface area contributed by atoms with Crippen molar-refractivity contribution in [3.05, 3.63) is 58.1 Å². The molecule has 29 heavy (non-hydrogen) atoms. The SMILES string of the molecule is COCCN(CC(=O)Nc1cccc(C)c1C)CC(=O)Nc1cccc(Cl)c1C. The third kappa shape index (κ3) is 6.85. The van der Waals surface area contributed by atoms with E-state index in [1.807, 2.05) is 39.0 Å². The van der Waals surface area contributed by atoms with E-state index in [-0.39, 0.29) is 24.9 Å². The van der Waals surface area contributed by atoms with Gasteiger partial charge in [-0.05, 0) is 55.7 Å². The van der Waals surface area contributed by atoms with Gasteiger partial charge in [-0.2, -0.15) is 0 Å². The molecule has 0 aliphatic carbocycles. The van der Waals surface area contributed by atoms with E-state index in [1.165, 1.54) is 0 Å². The number of benzene rings is 2. The van der Waals surface area contributed by atoms with Crippen LogP contribution in [0.1, 0.15) is 16.7 Å². The van der Waals surface area contributed by atoms with Crippen LogP contribution in [0.25, 0.3) is 0 Å². The molecule has 2 N–H and O–H groups in total. The van der Waals surface area contributed by atoms with Crippen molar-refractivity contribution >= 4 is 34.8 Å². The van der Waals surface area contributed by atoms with Crippen molar-refractivity contribution in [2.24, 2.45) is 0 Å². The number of rotatable bonds is 9. The Morgan fingerprint density at radius 1 is 0.931 bits per heavy atom. The van der Waals surface area contributed by atoms with Crippen LogP contribution in [0.5, 0.6) is 0 Å². The second-order valence-corrected chi connectivity index (χ2v) is 7.37. The third-order valence-corrected chi connectivity index (χ3v) is 5.18. The fraction of sp³-hybridized carbons (Fsp3) is 0.364. The molecule has 0 radical (unpaired) electrons. The maximum Gasteiger partial charge on any atom is 0.238 e. The van der Waals surface area contributed by atoms with Crippen LogP contribution in [0, 0.1) is 20.8 Å². The molecule has 0 saturated carbocycles. The van der Waals surface area contributed by atoms with Gasteiger partial charge in [-0.3, -0.25) is 14.5 Å². The van der Waals surface area contributed by atoms with Gasteiger partial charge in [0.05, 0.1) is 19.7 Å². The largest absolute Gasteiger partial charge is 0.383 e. The number of carbonyl (C=O) groups is 2. The Balaban J connectivity index is 2.00. The maximum atomic E-state index is 12.5. The first-order chi connectivity index (χ1) is 13.8. The number of anilines is 2. The zero-order valence-corrected chi connectivity index (χ0v) is 18.1. The van der Waals surface area contributed by atoms with Gasteiger partial charge in [0.15, 0.2) is 0 Å². The van der Waals surface area contributed by atoms with Crippen LogP contribution in [0.15, 0.2) is 36.4 Å². The number of methoxy groups -OCH3 is 1. The highest BCUT2D eigenvalue weighted by Gasteiger charge is 2.16. The summed E-state index contributed by atoms with van der Waals surface area (Å²) in [7, 11) is 1.59. The molecule has 0 aliphatic rings. The van der Waals surface area contributed by atoms with Crippen molar-refractivity contribution in [2.75, 3.05) is 44.0 Å². The highest BCUT2D eigenvalue weighted by molar-refractivity contribution is 6.31. The second kappa shape index (κ2) is 11.0. The van der Waals surface area contributed by atoms with E-state index in [0.717, 1.165) is 22.4 Å². The molecular formula is C22H28ClN3O3. The third-order valence-electron chi connectivity index (χ3n) is 4.77. The molecule has 2 aromatic rings. The van der Waals surface area contributed by atoms with Crippen LogP contribution < -0.4 is 10.6 Å². The van der Waals surface area contributed by atoms with Crippen LogP contribution in [-0.4, -0.2) is 50.1 Å². The number of amides is 2. The summed E-state index contributed by atoms with van der Waals surface area (Å²) in [4.78, 5) is 26.8. The van der Waals surface area contributed by atoms with Gasteiger partial charge < -0.3 is 15.4 Å². The summed E-state index contributed by atoms with van der Waals surface area (Å²) in [6, 6.07) is 11.1. The second-order valence-electron chi connectivity index (χ2n) is 6.96. The van der Waals surface area contributed by atoms with Crippen molar-refractivity contribution in [1.82, 2.24) is 4.90 Å². The lowest BCUT2D eigenvalue weighted by Crippen LogP contribution is -2.40. The topological polar surface area (TPSA) is 70.7 Å². The lowest BCUT2D eigenvalue weighted by atomic mass is 10.1. The van der Waals surface area contributed by atoms with Crippen LogP contribution in [-0.2, 0) is 14.3 Å². The zero-order chi connectivity index (χ0) is 21.4. The Kier molecular flexibility index (Phi) is 8.64. The Bertz CT molecular complexity index is 803. The smallest absolute Gasteiger partial charge is 0.238 e. The molecular weight excluding hydrogens is 390 g/mol. The lowest BCUT2D eigenvalue weighted by Gasteiger charge is -2.21. The molecule has 0 saturated heterocycles. The molecule has 0 spiro atoms. The van der Waals surface area contributed by atoms with Gasteiger partial charge in [-0.15, -0.1) is 0 Å². The van der Waals surface area contributed by atoms with E-state index in [2.05, 4.69) is 10.6 Å². The zero-order valence-electron chi connectivity index (χ0n) is 17.3. The predicted molar refractivity (Wildman–Crippen MR) is 118 cm³/mol. The van der Waals surface area contributed by atoms with Gasteiger partial charge in [0, 0.05) is 30.1 Å². The quantitative estimate of drug-likeness (QED) is 0.651. The van der Waals surface area contributed by atoms with Crippen LogP contribution in [0.4, 0.5) is 11.4 Å². The van der Waals surface area contributed by atoms with Gasteiger partial charge in [0.2, 0.25) is 11.8 Å². The molecule has 2 rings (SSSR count).